The summed E-state index contributed by atoms with van der Waals surface area (Å²) >= 11 is 5.81. The van der Waals surface area contributed by atoms with Crippen LogP contribution in [-0.2, 0) is 7.05 Å². The second kappa shape index (κ2) is 6.74. The maximum atomic E-state index is 12.9. The lowest BCUT2D eigenvalue weighted by molar-refractivity contribution is 0.0941. The van der Waals surface area contributed by atoms with E-state index in [2.05, 4.69) is 5.32 Å². The minimum atomic E-state index is -0.658. The first-order valence-electron chi connectivity index (χ1n) is 6.51. The van der Waals surface area contributed by atoms with Gasteiger partial charge in [-0.05, 0) is 36.8 Å². The van der Waals surface area contributed by atoms with Gasteiger partial charge in [-0.2, -0.15) is 0 Å². The van der Waals surface area contributed by atoms with Gasteiger partial charge in [-0.3, -0.25) is 4.79 Å². The van der Waals surface area contributed by atoms with E-state index in [1.807, 2.05) is 29.9 Å². The molecular weight excluding hydrogens is 295 g/mol. The van der Waals surface area contributed by atoms with Gasteiger partial charge in [0.25, 0.3) is 5.91 Å². The molecule has 0 saturated heterocycles. The highest BCUT2D eigenvalue weighted by Crippen LogP contribution is 2.18. The van der Waals surface area contributed by atoms with Gasteiger partial charge < -0.3 is 15.0 Å². The van der Waals surface area contributed by atoms with E-state index in [0.29, 0.717) is 13.0 Å². The van der Waals surface area contributed by atoms with Crippen LogP contribution in [0.1, 0.15) is 28.6 Å². The van der Waals surface area contributed by atoms with Gasteiger partial charge in [-0.25, -0.2) is 4.39 Å². The molecule has 1 unspecified atom stereocenters. The Bertz CT molecular complexity index is 642. The summed E-state index contributed by atoms with van der Waals surface area (Å²) in [6.07, 6.45) is 1.56. The number of aliphatic hydroxyl groups excluding tert-OH is 1. The third-order valence-corrected chi connectivity index (χ3v) is 3.52. The van der Waals surface area contributed by atoms with Crippen LogP contribution >= 0.6 is 11.6 Å². The molecule has 0 radical (unpaired) electrons. The average molecular weight is 311 g/mol. The molecule has 1 aromatic carbocycles. The Morgan fingerprint density at radius 3 is 2.86 bits per heavy atom. The van der Waals surface area contributed by atoms with Crippen molar-refractivity contribution in [1.29, 1.82) is 0 Å². The molecule has 2 N–H and O–H groups in total. The first-order chi connectivity index (χ1) is 9.99. The summed E-state index contributed by atoms with van der Waals surface area (Å²) in [5.41, 5.74) is 0.996. The van der Waals surface area contributed by atoms with E-state index in [9.17, 15) is 14.3 Å². The lowest BCUT2D eigenvalue weighted by Crippen LogP contribution is -2.26. The third-order valence-electron chi connectivity index (χ3n) is 3.20. The van der Waals surface area contributed by atoms with Gasteiger partial charge in [-0.1, -0.05) is 11.6 Å². The normalized spacial score (nSPS) is 12.2. The summed E-state index contributed by atoms with van der Waals surface area (Å²) in [5.74, 6) is -0.880. The van der Waals surface area contributed by atoms with Crippen molar-refractivity contribution in [3.05, 3.63) is 58.6 Å². The van der Waals surface area contributed by atoms with Crippen molar-refractivity contribution in [2.45, 2.75) is 12.5 Å². The molecule has 0 bridgehead atoms. The van der Waals surface area contributed by atoms with E-state index >= 15 is 0 Å². The van der Waals surface area contributed by atoms with Crippen molar-refractivity contribution in [1.82, 2.24) is 9.88 Å². The number of rotatable bonds is 5. The van der Waals surface area contributed by atoms with Gasteiger partial charge in [0.1, 0.15) is 5.82 Å². The molecule has 4 nitrogen and oxygen atoms in total. The van der Waals surface area contributed by atoms with Crippen LogP contribution in [-0.4, -0.2) is 22.1 Å². The quantitative estimate of drug-likeness (QED) is 0.892. The number of aromatic nitrogens is 1. The SMILES string of the molecule is Cn1cccc1C(O)CCNC(=O)c1ccc(F)cc1Cl. The monoisotopic (exact) mass is 310 g/mol. The highest BCUT2D eigenvalue weighted by molar-refractivity contribution is 6.33. The van der Waals surface area contributed by atoms with Gasteiger partial charge in [-0.15, -0.1) is 0 Å². The van der Waals surface area contributed by atoms with E-state index in [4.69, 9.17) is 11.6 Å². The van der Waals surface area contributed by atoms with Gasteiger partial charge in [0.2, 0.25) is 0 Å². The fraction of sp³-hybridized carbons (Fsp3) is 0.267. The Hall–Kier alpha value is -1.85. The number of nitrogens with one attached hydrogen (secondary N) is 1. The lowest BCUT2D eigenvalue weighted by atomic mass is 10.1. The van der Waals surface area contributed by atoms with Crippen molar-refractivity contribution in [3.63, 3.8) is 0 Å². The molecule has 21 heavy (non-hydrogen) atoms. The fourth-order valence-electron chi connectivity index (χ4n) is 2.06. The maximum absolute atomic E-state index is 12.9. The van der Waals surface area contributed by atoms with Crippen molar-refractivity contribution < 1.29 is 14.3 Å². The van der Waals surface area contributed by atoms with Crippen LogP contribution in [0.3, 0.4) is 0 Å². The number of nitrogens with zero attached hydrogens (tertiary/aromatic N) is 1. The second-order valence-corrected chi connectivity index (χ2v) is 5.14. The molecule has 1 aromatic heterocycles. The number of aliphatic hydroxyl groups is 1. The standard InChI is InChI=1S/C15H16ClFN2O2/c1-19-8-2-3-13(19)14(20)6-7-18-15(21)11-5-4-10(17)9-12(11)16/h2-5,8-9,14,20H,6-7H2,1H3,(H,18,21). The summed E-state index contributed by atoms with van der Waals surface area (Å²) in [7, 11) is 1.84. The zero-order valence-corrected chi connectivity index (χ0v) is 12.3. The topological polar surface area (TPSA) is 54.3 Å². The molecule has 0 saturated carbocycles. The maximum Gasteiger partial charge on any atom is 0.252 e. The molecule has 0 spiro atoms. The Morgan fingerprint density at radius 2 is 2.24 bits per heavy atom. The summed E-state index contributed by atoms with van der Waals surface area (Å²) in [5, 5.41) is 12.7. The molecule has 0 aliphatic carbocycles. The van der Waals surface area contributed by atoms with Crippen molar-refractivity contribution in [2.75, 3.05) is 6.54 Å². The number of carbonyl (C=O) groups is 1. The number of hydrogen-bond donors (Lipinski definition) is 2. The molecule has 0 aliphatic heterocycles. The van der Waals surface area contributed by atoms with Gasteiger partial charge in [0, 0.05) is 25.5 Å². The summed E-state index contributed by atoms with van der Waals surface area (Å²) in [6, 6.07) is 7.27. The van der Waals surface area contributed by atoms with E-state index < -0.39 is 11.9 Å². The van der Waals surface area contributed by atoms with E-state index in [1.54, 1.807) is 0 Å². The highest BCUT2D eigenvalue weighted by Gasteiger charge is 2.13. The first-order valence-corrected chi connectivity index (χ1v) is 6.89. The lowest BCUT2D eigenvalue weighted by Gasteiger charge is -2.13. The van der Waals surface area contributed by atoms with Gasteiger partial charge >= 0.3 is 0 Å². The molecule has 1 heterocycles. The molecule has 112 valence electrons. The minimum absolute atomic E-state index is 0.0653. The number of benzene rings is 1. The molecular formula is C15H16ClFN2O2. The average Bonchev–Trinajstić information content (AvgIpc) is 2.84. The highest BCUT2D eigenvalue weighted by atomic mass is 35.5. The molecule has 0 aliphatic rings. The zero-order valence-electron chi connectivity index (χ0n) is 11.5. The molecule has 0 fully saturated rings. The Morgan fingerprint density at radius 1 is 1.48 bits per heavy atom. The number of carbonyl (C=O) groups excluding carboxylic acids is 1. The molecule has 1 amide bonds. The van der Waals surface area contributed by atoms with Gasteiger partial charge in [0.15, 0.2) is 0 Å². The number of amides is 1. The first kappa shape index (κ1) is 15.5. The Labute approximate surface area is 127 Å². The van der Waals surface area contributed by atoms with Crippen LogP contribution in [0.4, 0.5) is 4.39 Å². The fourth-order valence-corrected chi connectivity index (χ4v) is 2.31. The second-order valence-electron chi connectivity index (χ2n) is 4.73. The van der Waals surface area contributed by atoms with E-state index in [-0.39, 0.29) is 16.5 Å². The number of aryl methyl sites for hydroxylation is 1. The molecule has 1 atom stereocenters. The molecule has 6 heteroatoms. The van der Waals surface area contributed by atoms with Crippen LogP contribution < -0.4 is 5.32 Å². The predicted molar refractivity (Wildman–Crippen MR) is 78.7 cm³/mol. The molecule has 2 aromatic rings. The summed E-state index contributed by atoms with van der Waals surface area (Å²) in [4.78, 5) is 11.9. The third kappa shape index (κ3) is 3.83. The zero-order chi connectivity index (χ0) is 15.4. The van der Waals surface area contributed by atoms with Crippen LogP contribution in [0.15, 0.2) is 36.5 Å². The number of hydrogen-bond acceptors (Lipinski definition) is 2. The van der Waals surface area contributed by atoms with Crippen molar-refractivity contribution >= 4 is 17.5 Å². The smallest absolute Gasteiger partial charge is 0.252 e. The summed E-state index contributed by atoms with van der Waals surface area (Å²) in [6.45, 7) is 0.291. The predicted octanol–water partition coefficient (Wildman–Crippen LogP) is 2.67. The molecule has 2 rings (SSSR count). The minimum Gasteiger partial charge on any atom is -0.387 e. The van der Waals surface area contributed by atoms with Crippen molar-refractivity contribution in [3.8, 4) is 0 Å². The van der Waals surface area contributed by atoms with Crippen LogP contribution in [0.5, 0.6) is 0 Å². The number of halogens is 2. The van der Waals surface area contributed by atoms with Crippen LogP contribution in [0.2, 0.25) is 5.02 Å². The van der Waals surface area contributed by atoms with Crippen LogP contribution in [0.25, 0.3) is 0 Å². The van der Waals surface area contributed by atoms with Crippen molar-refractivity contribution in [2.24, 2.45) is 7.05 Å². The summed E-state index contributed by atoms with van der Waals surface area (Å²) < 4.78 is 14.7. The Balaban J connectivity index is 1.88. The van der Waals surface area contributed by atoms with Crippen LogP contribution in [0, 0.1) is 5.82 Å². The largest absolute Gasteiger partial charge is 0.387 e. The van der Waals surface area contributed by atoms with E-state index in [0.717, 1.165) is 11.8 Å². The Kier molecular flexibility index (Phi) is 4.98. The van der Waals surface area contributed by atoms with Gasteiger partial charge in [0.05, 0.1) is 16.7 Å². The van der Waals surface area contributed by atoms with E-state index in [1.165, 1.54) is 12.1 Å².